The van der Waals surface area contributed by atoms with Gasteiger partial charge in [-0.05, 0) is 81.0 Å². The summed E-state index contributed by atoms with van der Waals surface area (Å²) in [5, 5.41) is 10.5. The third-order valence-electron chi connectivity index (χ3n) is 11.0. The molecule has 3 aliphatic carbocycles. The zero-order chi connectivity index (χ0) is 24.1. The van der Waals surface area contributed by atoms with Crippen LogP contribution < -0.4 is 0 Å². The Morgan fingerprint density at radius 2 is 1.21 bits per heavy atom. The van der Waals surface area contributed by atoms with Gasteiger partial charge in [0.05, 0.1) is 11.5 Å². The van der Waals surface area contributed by atoms with Crippen LogP contribution in [0.4, 0.5) is 0 Å². The van der Waals surface area contributed by atoms with Crippen molar-refractivity contribution in [2.75, 3.05) is 0 Å². The van der Waals surface area contributed by atoms with Crippen LogP contribution in [0.2, 0.25) is 0 Å². The minimum absolute atomic E-state index is 0.0203. The highest BCUT2D eigenvalue weighted by Crippen LogP contribution is 2.59. The van der Waals surface area contributed by atoms with Crippen molar-refractivity contribution >= 4 is 0 Å². The molecule has 0 heterocycles. The second-order valence-electron chi connectivity index (χ2n) is 13.1. The minimum Gasteiger partial charge on any atom is -0.198 e. The van der Waals surface area contributed by atoms with E-state index >= 15 is 0 Å². The summed E-state index contributed by atoms with van der Waals surface area (Å²) in [6.07, 6.45) is 35.2. The van der Waals surface area contributed by atoms with Gasteiger partial charge in [-0.3, -0.25) is 0 Å². The Balaban J connectivity index is 1.51. The van der Waals surface area contributed by atoms with Crippen molar-refractivity contribution < 1.29 is 0 Å². The molecule has 3 aliphatic rings. The number of nitriles is 1. The molecular weight excluding hydrogens is 410 g/mol. The molecule has 0 aromatic carbocycles. The van der Waals surface area contributed by atoms with Gasteiger partial charge in [-0.25, -0.2) is 0 Å². The van der Waals surface area contributed by atoms with Crippen LogP contribution in [0.5, 0.6) is 0 Å². The fraction of sp³-hybridized carbons (Fsp3) is 0.970. The van der Waals surface area contributed by atoms with Crippen molar-refractivity contribution in [1.82, 2.24) is 0 Å². The molecule has 0 amide bonds. The summed E-state index contributed by atoms with van der Waals surface area (Å²) in [4.78, 5) is 0. The van der Waals surface area contributed by atoms with Crippen molar-refractivity contribution in [2.24, 2.45) is 28.6 Å². The normalized spacial score (nSPS) is 33.0. The summed E-state index contributed by atoms with van der Waals surface area (Å²) in [6.45, 7) is 4.64. The first-order valence-electron chi connectivity index (χ1n) is 16.1. The number of unbranched alkanes of at least 4 members (excludes halogenated alkanes) is 8. The largest absolute Gasteiger partial charge is 0.198 e. The van der Waals surface area contributed by atoms with Gasteiger partial charge in [-0.1, -0.05) is 117 Å². The van der Waals surface area contributed by atoms with E-state index in [1.165, 1.54) is 161 Å². The zero-order valence-electron chi connectivity index (χ0n) is 23.4. The van der Waals surface area contributed by atoms with E-state index in [4.69, 9.17) is 0 Å². The van der Waals surface area contributed by atoms with Gasteiger partial charge in [0.25, 0.3) is 0 Å². The van der Waals surface area contributed by atoms with Crippen LogP contribution >= 0.6 is 0 Å². The Morgan fingerprint density at radius 1 is 0.618 bits per heavy atom. The average molecular weight is 470 g/mol. The van der Waals surface area contributed by atoms with E-state index in [1.54, 1.807) is 0 Å². The van der Waals surface area contributed by atoms with Gasteiger partial charge in [0.15, 0.2) is 0 Å². The van der Waals surface area contributed by atoms with Gasteiger partial charge >= 0.3 is 0 Å². The molecule has 0 bridgehead atoms. The molecule has 34 heavy (non-hydrogen) atoms. The molecule has 0 aromatic heterocycles. The Morgan fingerprint density at radius 3 is 1.79 bits per heavy atom. The predicted octanol–water partition coefficient (Wildman–Crippen LogP) is 11.2. The molecule has 0 radical (unpaired) electrons. The van der Waals surface area contributed by atoms with Crippen LogP contribution in [0.15, 0.2) is 0 Å². The van der Waals surface area contributed by atoms with Crippen molar-refractivity contribution in [3.05, 3.63) is 0 Å². The third kappa shape index (κ3) is 7.74. The average Bonchev–Trinajstić information content (AvgIpc) is 2.90. The number of rotatable bonds is 14. The van der Waals surface area contributed by atoms with Crippen LogP contribution in [0.3, 0.4) is 0 Å². The monoisotopic (exact) mass is 469 g/mol. The number of nitrogens with zero attached hydrogens (tertiary/aromatic N) is 1. The molecule has 0 spiro atoms. The lowest BCUT2D eigenvalue weighted by Gasteiger charge is -2.52. The highest BCUT2D eigenvalue weighted by Gasteiger charge is 2.50. The van der Waals surface area contributed by atoms with Crippen molar-refractivity contribution in [2.45, 2.75) is 174 Å². The fourth-order valence-corrected chi connectivity index (χ4v) is 8.50. The lowest BCUT2D eigenvalue weighted by atomic mass is 9.52. The van der Waals surface area contributed by atoms with Gasteiger partial charge < -0.3 is 0 Å². The second-order valence-corrected chi connectivity index (χ2v) is 13.1. The highest BCUT2D eigenvalue weighted by atomic mass is 14.5. The minimum atomic E-state index is 0.0203. The molecule has 0 unspecified atom stereocenters. The predicted molar refractivity (Wildman–Crippen MR) is 148 cm³/mol. The van der Waals surface area contributed by atoms with Crippen molar-refractivity contribution in [3.8, 4) is 6.07 Å². The first-order chi connectivity index (χ1) is 16.7. The van der Waals surface area contributed by atoms with Crippen LogP contribution in [-0.2, 0) is 0 Å². The first-order valence-corrected chi connectivity index (χ1v) is 16.1. The summed E-state index contributed by atoms with van der Waals surface area (Å²) in [6, 6.07) is 2.99. The summed E-state index contributed by atoms with van der Waals surface area (Å²) < 4.78 is 0. The Kier molecular flexibility index (Phi) is 12.3. The third-order valence-corrected chi connectivity index (χ3v) is 11.0. The van der Waals surface area contributed by atoms with E-state index in [2.05, 4.69) is 19.9 Å². The topological polar surface area (TPSA) is 23.8 Å². The van der Waals surface area contributed by atoms with Crippen molar-refractivity contribution in [3.63, 3.8) is 0 Å². The second kappa shape index (κ2) is 14.9. The van der Waals surface area contributed by atoms with Crippen LogP contribution in [-0.4, -0.2) is 0 Å². The van der Waals surface area contributed by atoms with Gasteiger partial charge in [0.2, 0.25) is 0 Å². The molecule has 3 fully saturated rings. The van der Waals surface area contributed by atoms with Gasteiger partial charge in [0.1, 0.15) is 0 Å². The first kappa shape index (κ1) is 28.1. The van der Waals surface area contributed by atoms with Crippen molar-refractivity contribution in [1.29, 1.82) is 5.26 Å². The molecule has 196 valence electrons. The van der Waals surface area contributed by atoms with Gasteiger partial charge in [0, 0.05) is 0 Å². The molecule has 3 rings (SSSR count). The van der Waals surface area contributed by atoms with E-state index < -0.39 is 0 Å². The summed E-state index contributed by atoms with van der Waals surface area (Å²) in [7, 11) is 0. The molecule has 1 heteroatoms. The maximum atomic E-state index is 10.5. The van der Waals surface area contributed by atoms with E-state index in [1.807, 2.05) is 0 Å². The summed E-state index contributed by atoms with van der Waals surface area (Å²) in [5.74, 6) is 2.62. The number of hydrogen-bond acceptors (Lipinski definition) is 1. The lowest BCUT2D eigenvalue weighted by Crippen LogP contribution is -2.43. The molecule has 0 aromatic rings. The maximum absolute atomic E-state index is 10.5. The Labute approximate surface area is 214 Å². The fourth-order valence-electron chi connectivity index (χ4n) is 8.50. The van der Waals surface area contributed by atoms with Crippen LogP contribution in [0, 0.1) is 39.9 Å². The van der Waals surface area contributed by atoms with E-state index in [9.17, 15) is 5.26 Å². The maximum Gasteiger partial charge on any atom is 0.0692 e. The van der Waals surface area contributed by atoms with Crippen LogP contribution in [0.1, 0.15) is 174 Å². The molecule has 0 N–H and O–H groups in total. The lowest BCUT2D eigenvalue weighted by molar-refractivity contribution is -0.00807. The molecule has 1 nitrogen and oxygen atoms in total. The molecule has 0 atom stereocenters. The SMILES string of the molecule is CCCCCCCC1CCC(C2(C#N)CCC(CCCCCCC)(C3CCCCC3)CC2)CC1. The van der Waals surface area contributed by atoms with E-state index in [-0.39, 0.29) is 5.41 Å². The molecular formula is C33H59N. The van der Waals surface area contributed by atoms with E-state index in [0.717, 1.165) is 11.8 Å². The zero-order valence-corrected chi connectivity index (χ0v) is 23.4. The standard InChI is InChI=1S/C33H59N/c1-3-5-7-9-12-16-29-19-21-31(22-20-29)33(28-34)26-24-32(25-27-33,23-15-10-8-6-4-2)30-17-13-11-14-18-30/h29-31H,3-27H2,1-2H3. The molecule has 3 saturated carbocycles. The Bertz CT molecular complexity index is 564. The molecule has 0 saturated heterocycles. The number of hydrogen-bond donors (Lipinski definition) is 0. The van der Waals surface area contributed by atoms with Gasteiger partial charge in [-0.15, -0.1) is 0 Å². The Hall–Kier alpha value is -0.510. The van der Waals surface area contributed by atoms with E-state index in [0.29, 0.717) is 11.3 Å². The smallest absolute Gasteiger partial charge is 0.0692 e. The van der Waals surface area contributed by atoms with Gasteiger partial charge in [-0.2, -0.15) is 5.26 Å². The van der Waals surface area contributed by atoms with Crippen LogP contribution in [0.25, 0.3) is 0 Å². The summed E-state index contributed by atoms with van der Waals surface area (Å²) in [5.41, 5.74) is 0.606. The summed E-state index contributed by atoms with van der Waals surface area (Å²) >= 11 is 0. The molecule has 0 aliphatic heterocycles. The highest BCUT2D eigenvalue weighted by molar-refractivity contribution is 5.09. The quantitative estimate of drug-likeness (QED) is 0.232.